The lowest BCUT2D eigenvalue weighted by Gasteiger charge is -2.42. The minimum atomic E-state index is -4.63. The summed E-state index contributed by atoms with van der Waals surface area (Å²) in [7, 11) is 0. The molecule has 0 bridgehead atoms. The van der Waals surface area contributed by atoms with Crippen LogP contribution in [0.3, 0.4) is 0 Å². The number of halogens is 4. The molecule has 0 spiro atoms. The largest absolute Gasteiger partial charge is 0.417 e. The van der Waals surface area contributed by atoms with Gasteiger partial charge in [-0.05, 0) is 18.1 Å². The summed E-state index contributed by atoms with van der Waals surface area (Å²) in [4.78, 5) is 7.59. The number of hydrogen-bond acceptors (Lipinski definition) is 4. The second kappa shape index (κ2) is 8.22. The van der Waals surface area contributed by atoms with Crippen LogP contribution in [0, 0.1) is 5.82 Å². The molecule has 0 amide bonds. The van der Waals surface area contributed by atoms with Crippen molar-refractivity contribution in [1.82, 2.24) is 9.88 Å². The molecule has 3 rings (SSSR count). The molecular weight excluding hydrogens is 362 g/mol. The zero-order valence-corrected chi connectivity index (χ0v) is 14.7. The summed E-state index contributed by atoms with van der Waals surface area (Å²) in [5.41, 5.74) is 0.0395. The van der Waals surface area contributed by atoms with Gasteiger partial charge < -0.3 is 10.0 Å². The van der Waals surface area contributed by atoms with Crippen LogP contribution in [-0.2, 0) is 12.7 Å². The lowest BCUT2D eigenvalue weighted by molar-refractivity contribution is -0.138. The Morgan fingerprint density at radius 3 is 2.52 bits per heavy atom. The van der Waals surface area contributed by atoms with Gasteiger partial charge in [-0.3, -0.25) is 4.90 Å². The van der Waals surface area contributed by atoms with E-state index in [0.717, 1.165) is 12.1 Å². The van der Waals surface area contributed by atoms with E-state index in [0.29, 0.717) is 38.3 Å². The van der Waals surface area contributed by atoms with Gasteiger partial charge in [0.1, 0.15) is 0 Å². The van der Waals surface area contributed by atoms with Crippen LogP contribution in [0.25, 0.3) is 0 Å². The maximum atomic E-state index is 14.3. The number of anilines is 1. The van der Waals surface area contributed by atoms with Crippen LogP contribution in [0.15, 0.2) is 42.6 Å². The Morgan fingerprint density at radius 2 is 1.89 bits per heavy atom. The van der Waals surface area contributed by atoms with Crippen molar-refractivity contribution >= 4 is 5.82 Å². The van der Waals surface area contributed by atoms with Crippen molar-refractivity contribution in [2.24, 2.45) is 0 Å². The Labute approximate surface area is 155 Å². The first-order valence-corrected chi connectivity index (χ1v) is 8.75. The predicted molar refractivity (Wildman–Crippen MR) is 93.8 cm³/mol. The van der Waals surface area contributed by atoms with E-state index in [1.807, 2.05) is 30.3 Å². The van der Waals surface area contributed by atoms with E-state index >= 15 is 0 Å². The molecule has 1 aliphatic heterocycles. The number of aromatic nitrogens is 1. The number of aliphatic hydroxyl groups is 1. The van der Waals surface area contributed by atoms with Crippen molar-refractivity contribution in [3.05, 3.63) is 59.5 Å². The average molecular weight is 383 g/mol. The Morgan fingerprint density at radius 1 is 1.15 bits per heavy atom. The summed E-state index contributed by atoms with van der Waals surface area (Å²) in [5, 5.41) is 9.37. The van der Waals surface area contributed by atoms with Crippen molar-refractivity contribution in [3.63, 3.8) is 0 Å². The number of nitrogens with zero attached hydrogens (tertiary/aromatic N) is 3. The number of alkyl halides is 3. The standard InChI is InChI=1S/C19H21F4N3O/c20-17-10-15(19(21,22)23)11-24-18(17)26-8-7-25(13-16(26)6-9-27)12-14-4-2-1-3-5-14/h1-5,10-11,16,27H,6-9,12-13H2/t16-/m0/s1. The minimum absolute atomic E-state index is 0.0946. The van der Waals surface area contributed by atoms with Gasteiger partial charge in [-0.1, -0.05) is 30.3 Å². The molecule has 2 aromatic rings. The molecule has 0 aliphatic carbocycles. The van der Waals surface area contributed by atoms with E-state index in [2.05, 4.69) is 9.88 Å². The Bertz CT molecular complexity index is 754. The van der Waals surface area contributed by atoms with Gasteiger partial charge in [0.05, 0.1) is 5.56 Å². The highest BCUT2D eigenvalue weighted by molar-refractivity contribution is 5.43. The van der Waals surface area contributed by atoms with Crippen LogP contribution >= 0.6 is 0 Å². The summed E-state index contributed by atoms with van der Waals surface area (Å²) >= 11 is 0. The highest BCUT2D eigenvalue weighted by atomic mass is 19.4. The average Bonchev–Trinajstić information content (AvgIpc) is 2.63. The molecule has 2 heterocycles. The fourth-order valence-electron chi connectivity index (χ4n) is 3.38. The molecule has 1 atom stereocenters. The monoisotopic (exact) mass is 383 g/mol. The third-order valence-electron chi connectivity index (χ3n) is 4.70. The Kier molecular flexibility index (Phi) is 5.96. The first-order valence-electron chi connectivity index (χ1n) is 8.75. The highest BCUT2D eigenvalue weighted by Gasteiger charge is 2.34. The van der Waals surface area contributed by atoms with Crippen molar-refractivity contribution in [3.8, 4) is 0 Å². The fourth-order valence-corrected chi connectivity index (χ4v) is 3.38. The molecule has 27 heavy (non-hydrogen) atoms. The molecule has 1 aromatic carbocycles. The van der Waals surface area contributed by atoms with E-state index in [-0.39, 0.29) is 18.5 Å². The molecule has 0 radical (unpaired) electrons. The molecule has 0 unspecified atom stereocenters. The normalized spacial score (nSPS) is 18.7. The molecule has 0 saturated carbocycles. The summed E-state index contributed by atoms with van der Waals surface area (Å²) < 4.78 is 52.6. The predicted octanol–water partition coefficient (Wildman–Crippen LogP) is 3.31. The number of rotatable bonds is 5. The maximum Gasteiger partial charge on any atom is 0.417 e. The SMILES string of the molecule is OCC[C@H]1CN(Cc2ccccc2)CCN1c1ncc(C(F)(F)F)cc1F. The van der Waals surface area contributed by atoms with Crippen LogP contribution in [0.5, 0.6) is 0 Å². The van der Waals surface area contributed by atoms with Gasteiger partial charge in [0.2, 0.25) is 0 Å². The zero-order chi connectivity index (χ0) is 19.4. The topological polar surface area (TPSA) is 39.6 Å². The second-order valence-corrected chi connectivity index (χ2v) is 6.61. The zero-order valence-electron chi connectivity index (χ0n) is 14.7. The Balaban J connectivity index is 1.76. The van der Waals surface area contributed by atoms with Gasteiger partial charge in [0.25, 0.3) is 0 Å². The van der Waals surface area contributed by atoms with E-state index in [1.165, 1.54) is 0 Å². The van der Waals surface area contributed by atoms with Crippen molar-refractivity contribution in [2.45, 2.75) is 25.2 Å². The van der Waals surface area contributed by atoms with Gasteiger partial charge in [-0.25, -0.2) is 9.37 Å². The van der Waals surface area contributed by atoms with Crippen LogP contribution in [-0.4, -0.2) is 47.3 Å². The third-order valence-corrected chi connectivity index (χ3v) is 4.70. The molecular formula is C19H21F4N3O. The number of benzene rings is 1. The number of piperazine rings is 1. The second-order valence-electron chi connectivity index (χ2n) is 6.61. The van der Waals surface area contributed by atoms with Crippen LogP contribution in [0.1, 0.15) is 17.5 Å². The van der Waals surface area contributed by atoms with Crippen molar-refractivity contribution in [1.29, 1.82) is 0 Å². The molecule has 146 valence electrons. The van der Waals surface area contributed by atoms with Crippen molar-refractivity contribution < 1.29 is 22.7 Å². The third kappa shape index (κ3) is 4.75. The van der Waals surface area contributed by atoms with Crippen molar-refractivity contribution in [2.75, 3.05) is 31.1 Å². The maximum absolute atomic E-state index is 14.3. The van der Waals surface area contributed by atoms with Crippen LogP contribution in [0.2, 0.25) is 0 Å². The van der Waals surface area contributed by atoms with Gasteiger partial charge >= 0.3 is 6.18 Å². The van der Waals surface area contributed by atoms with E-state index in [9.17, 15) is 22.7 Å². The molecule has 8 heteroatoms. The summed E-state index contributed by atoms with van der Waals surface area (Å²) in [6.45, 7) is 2.24. The molecule has 1 fully saturated rings. The van der Waals surface area contributed by atoms with Crippen LogP contribution in [0.4, 0.5) is 23.4 Å². The van der Waals surface area contributed by atoms with Gasteiger partial charge in [0, 0.05) is 45.0 Å². The summed E-state index contributed by atoms with van der Waals surface area (Å²) in [5.74, 6) is -1.09. The molecule has 1 aromatic heterocycles. The molecule has 1 aliphatic rings. The first kappa shape index (κ1) is 19.6. The lowest BCUT2D eigenvalue weighted by Crippen LogP contribution is -2.53. The molecule has 1 N–H and O–H groups in total. The highest BCUT2D eigenvalue weighted by Crippen LogP contribution is 2.32. The molecule has 4 nitrogen and oxygen atoms in total. The number of aliphatic hydroxyl groups excluding tert-OH is 1. The van der Waals surface area contributed by atoms with Gasteiger partial charge in [-0.2, -0.15) is 13.2 Å². The first-order chi connectivity index (χ1) is 12.9. The van der Waals surface area contributed by atoms with E-state index in [4.69, 9.17) is 0 Å². The Hall–Kier alpha value is -2.19. The summed E-state index contributed by atoms with van der Waals surface area (Å²) in [6.07, 6.45) is -3.59. The van der Waals surface area contributed by atoms with Gasteiger partial charge in [0.15, 0.2) is 11.6 Å². The number of hydrogen-bond donors (Lipinski definition) is 1. The smallest absolute Gasteiger partial charge is 0.396 e. The van der Waals surface area contributed by atoms with Gasteiger partial charge in [-0.15, -0.1) is 0 Å². The number of pyridine rings is 1. The molecule has 1 saturated heterocycles. The quantitative estimate of drug-likeness (QED) is 0.805. The fraction of sp³-hybridized carbons (Fsp3) is 0.421. The van der Waals surface area contributed by atoms with E-state index in [1.54, 1.807) is 4.90 Å². The minimum Gasteiger partial charge on any atom is -0.396 e. The van der Waals surface area contributed by atoms with Crippen LogP contribution < -0.4 is 4.90 Å². The summed E-state index contributed by atoms with van der Waals surface area (Å²) in [6, 6.07) is 10.1. The lowest BCUT2D eigenvalue weighted by atomic mass is 10.1. The van der Waals surface area contributed by atoms with E-state index < -0.39 is 17.6 Å².